The van der Waals surface area contributed by atoms with Crippen molar-refractivity contribution in [1.29, 1.82) is 0 Å². The summed E-state index contributed by atoms with van der Waals surface area (Å²) >= 11 is 0. The molecule has 20 heavy (non-hydrogen) atoms. The number of hydrogen-bond acceptors (Lipinski definition) is 2. The van der Waals surface area contributed by atoms with Crippen LogP contribution in [0.5, 0.6) is 5.75 Å². The molecule has 0 saturated carbocycles. The Bertz CT molecular complexity index is 393. The number of guanidine groups is 1. The molecular weight excluding hydrogens is 250 g/mol. The first-order valence-electron chi connectivity index (χ1n) is 7.34. The van der Waals surface area contributed by atoms with Gasteiger partial charge in [-0.05, 0) is 43.9 Å². The van der Waals surface area contributed by atoms with Crippen LogP contribution in [0.2, 0.25) is 0 Å². The first-order chi connectivity index (χ1) is 9.69. The molecule has 1 rings (SSSR count). The summed E-state index contributed by atoms with van der Waals surface area (Å²) < 4.78 is 5.17. The van der Waals surface area contributed by atoms with Gasteiger partial charge in [-0.2, -0.15) is 0 Å². The van der Waals surface area contributed by atoms with Crippen molar-refractivity contribution in [3.05, 3.63) is 29.8 Å². The van der Waals surface area contributed by atoms with Crippen molar-refractivity contribution in [2.45, 2.75) is 27.2 Å². The quantitative estimate of drug-likeness (QED) is 0.594. The molecule has 1 atom stereocenters. The molecule has 0 saturated heterocycles. The largest absolute Gasteiger partial charge is 0.497 e. The third kappa shape index (κ3) is 5.95. The Morgan fingerprint density at radius 2 is 1.75 bits per heavy atom. The third-order valence-corrected chi connectivity index (χ3v) is 2.99. The lowest BCUT2D eigenvalue weighted by molar-refractivity contribution is 0.414. The van der Waals surface area contributed by atoms with Gasteiger partial charge < -0.3 is 15.4 Å². The van der Waals surface area contributed by atoms with Crippen molar-refractivity contribution in [1.82, 2.24) is 10.6 Å². The Hall–Kier alpha value is -1.71. The van der Waals surface area contributed by atoms with Gasteiger partial charge in [-0.15, -0.1) is 0 Å². The first-order valence-corrected chi connectivity index (χ1v) is 7.34. The minimum absolute atomic E-state index is 0.510. The van der Waals surface area contributed by atoms with E-state index < -0.39 is 0 Å². The van der Waals surface area contributed by atoms with Gasteiger partial charge in [-0.25, -0.2) is 0 Å². The molecule has 0 aliphatic rings. The Balaban J connectivity index is 2.48. The molecule has 4 nitrogen and oxygen atoms in total. The van der Waals surface area contributed by atoms with Gasteiger partial charge in [0, 0.05) is 19.6 Å². The minimum atomic E-state index is 0.510. The SMILES string of the molecule is CCNC(=NCC(C)Cc1ccc(OC)cc1)NCC. The average molecular weight is 277 g/mol. The molecule has 0 spiro atoms. The van der Waals surface area contributed by atoms with E-state index in [4.69, 9.17) is 4.74 Å². The summed E-state index contributed by atoms with van der Waals surface area (Å²) in [6.07, 6.45) is 1.03. The van der Waals surface area contributed by atoms with E-state index in [1.54, 1.807) is 7.11 Å². The molecule has 0 amide bonds. The number of hydrogen-bond donors (Lipinski definition) is 2. The van der Waals surface area contributed by atoms with Crippen molar-refractivity contribution < 1.29 is 4.74 Å². The smallest absolute Gasteiger partial charge is 0.191 e. The summed E-state index contributed by atoms with van der Waals surface area (Å²) in [5, 5.41) is 6.48. The van der Waals surface area contributed by atoms with Crippen molar-refractivity contribution >= 4 is 5.96 Å². The van der Waals surface area contributed by atoms with Crippen LogP contribution in [0.25, 0.3) is 0 Å². The maximum atomic E-state index is 5.17. The van der Waals surface area contributed by atoms with Gasteiger partial charge in [-0.1, -0.05) is 19.1 Å². The number of nitrogens with one attached hydrogen (secondary N) is 2. The normalized spacial score (nSPS) is 11.6. The molecule has 2 N–H and O–H groups in total. The number of nitrogens with zero attached hydrogens (tertiary/aromatic N) is 1. The Morgan fingerprint density at radius 3 is 2.25 bits per heavy atom. The molecule has 0 aliphatic heterocycles. The maximum Gasteiger partial charge on any atom is 0.191 e. The lowest BCUT2D eigenvalue weighted by Crippen LogP contribution is -2.37. The first kappa shape index (κ1) is 16.3. The average Bonchev–Trinajstić information content (AvgIpc) is 2.46. The van der Waals surface area contributed by atoms with Crippen molar-refractivity contribution in [2.75, 3.05) is 26.7 Å². The van der Waals surface area contributed by atoms with Gasteiger partial charge in [0.25, 0.3) is 0 Å². The molecule has 1 aromatic rings. The van der Waals surface area contributed by atoms with E-state index in [2.05, 4.69) is 48.5 Å². The van der Waals surface area contributed by atoms with Crippen LogP contribution < -0.4 is 15.4 Å². The van der Waals surface area contributed by atoms with E-state index in [0.29, 0.717) is 5.92 Å². The van der Waals surface area contributed by atoms with E-state index in [1.807, 2.05) is 12.1 Å². The predicted octanol–water partition coefficient (Wildman–Crippen LogP) is 2.45. The van der Waals surface area contributed by atoms with Crippen LogP contribution >= 0.6 is 0 Å². The standard InChI is InChI=1S/C16H27N3O/c1-5-17-16(18-6-2)19-12-13(3)11-14-7-9-15(20-4)10-8-14/h7-10,13H,5-6,11-12H2,1-4H3,(H2,17,18,19). The van der Waals surface area contributed by atoms with Gasteiger partial charge in [0.15, 0.2) is 5.96 Å². The maximum absolute atomic E-state index is 5.17. The molecule has 0 heterocycles. The fourth-order valence-electron chi connectivity index (χ4n) is 1.98. The lowest BCUT2D eigenvalue weighted by atomic mass is 10.0. The highest BCUT2D eigenvalue weighted by Gasteiger charge is 2.04. The number of rotatable bonds is 7. The van der Waals surface area contributed by atoms with Crippen molar-refractivity contribution in [3.8, 4) is 5.75 Å². The van der Waals surface area contributed by atoms with Crippen molar-refractivity contribution in [3.63, 3.8) is 0 Å². The van der Waals surface area contributed by atoms with Crippen LogP contribution in [0.1, 0.15) is 26.3 Å². The van der Waals surface area contributed by atoms with Gasteiger partial charge >= 0.3 is 0 Å². The minimum Gasteiger partial charge on any atom is -0.497 e. The zero-order valence-corrected chi connectivity index (χ0v) is 13.1. The summed E-state index contributed by atoms with van der Waals surface area (Å²) in [5.41, 5.74) is 1.32. The summed E-state index contributed by atoms with van der Waals surface area (Å²) in [5.74, 6) is 2.31. The second kappa shape index (κ2) is 9.23. The van der Waals surface area contributed by atoms with Crippen molar-refractivity contribution in [2.24, 2.45) is 10.9 Å². The second-order valence-electron chi connectivity index (χ2n) is 4.91. The van der Waals surface area contributed by atoms with Gasteiger partial charge in [0.2, 0.25) is 0 Å². The molecule has 0 radical (unpaired) electrons. The number of benzene rings is 1. The molecule has 1 aromatic carbocycles. The highest BCUT2D eigenvalue weighted by Crippen LogP contribution is 2.14. The number of methoxy groups -OCH3 is 1. The zero-order chi connectivity index (χ0) is 14.8. The fourth-order valence-corrected chi connectivity index (χ4v) is 1.98. The molecule has 1 unspecified atom stereocenters. The molecular formula is C16H27N3O. The second-order valence-corrected chi connectivity index (χ2v) is 4.91. The van der Waals surface area contributed by atoms with Crippen LogP contribution in [0.4, 0.5) is 0 Å². The van der Waals surface area contributed by atoms with E-state index in [9.17, 15) is 0 Å². The Morgan fingerprint density at radius 1 is 1.15 bits per heavy atom. The summed E-state index contributed by atoms with van der Waals surface area (Å²) in [6, 6.07) is 8.26. The van der Waals surface area contributed by atoms with E-state index in [1.165, 1.54) is 5.56 Å². The van der Waals surface area contributed by atoms with Crippen LogP contribution in [0.15, 0.2) is 29.3 Å². The predicted molar refractivity (Wildman–Crippen MR) is 85.5 cm³/mol. The zero-order valence-electron chi connectivity index (χ0n) is 13.1. The van der Waals surface area contributed by atoms with Crippen LogP contribution in [-0.2, 0) is 6.42 Å². The monoisotopic (exact) mass is 277 g/mol. The molecule has 112 valence electrons. The van der Waals surface area contributed by atoms with Gasteiger partial charge in [-0.3, -0.25) is 4.99 Å². The lowest BCUT2D eigenvalue weighted by Gasteiger charge is -2.12. The van der Waals surface area contributed by atoms with Gasteiger partial charge in [0.05, 0.1) is 7.11 Å². The van der Waals surface area contributed by atoms with E-state index in [-0.39, 0.29) is 0 Å². The summed E-state index contributed by atoms with van der Waals surface area (Å²) in [6.45, 7) is 8.98. The number of ether oxygens (including phenoxy) is 1. The molecule has 0 bridgehead atoms. The molecule has 0 aliphatic carbocycles. The summed E-state index contributed by atoms with van der Waals surface area (Å²) in [7, 11) is 1.69. The molecule has 4 heteroatoms. The van der Waals surface area contributed by atoms with Crippen LogP contribution in [0.3, 0.4) is 0 Å². The topological polar surface area (TPSA) is 45.7 Å². The van der Waals surface area contributed by atoms with Crippen LogP contribution in [-0.4, -0.2) is 32.7 Å². The van der Waals surface area contributed by atoms with E-state index in [0.717, 1.165) is 37.8 Å². The number of aliphatic imine (C=N–C) groups is 1. The summed E-state index contributed by atoms with van der Waals surface area (Å²) in [4.78, 5) is 4.60. The molecule has 0 fully saturated rings. The van der Waals surface area contributed by atoms with Gasteiger partial charge in [0.1, 0.15) is 5.75 Å². The Labute approximate surface area is 122 Å². The highest BCUT2D eigenvalue weighted by molar-refractivity contribution is 5.79. The fraction of sp³-hybridized carbons (Fsp3) is 0.562. The Kier molecular flexibility index (Phi) is 7.55. The molecule has 0 aromatic heterocycles. The highest BCUT2D eigenvalue weighted by atomic mass is 16.5. The van der Waals surface area contributed by atoms with Crippen LogP contribution in [0, 0.1) is 5.92 Å². The van der Waals surface area contributed by atoms with E-state index >= 15 is 0 Å². The third-order valence-electron chi connectivity index (χ3n) is 2.99.